The van der Waals surface area contributed by atoms with Crippen LogP contribution in [0.5, 0.6) is 5.75 Å². The first-order valence-electron chi connectivity index (χ1n) is 5.43. The Balaban J connectivity index is 1.70. The summed E-state index contributed by atoms with van der Waals surface area (Å²) in [5.74, 6) is 1.70. The van der Waals surface area contributed by atoms with Crippen molar-refractivity contribution in [2.75, 3.05) is 0 Å². The summed E-state index contributed by atoms with van der Waals surface area (Å²) in [5, 5.41) is 4.07. The van der Waals surface area contributed by atoms with E-state index in [-0.39, 0.29) is 11.8 Å². The van der Waals surface area contributed by atoms with Crippen LogP contribution in [0.1, 0.15) is 5.89 Å². The van der Waals surface area contributed by atoms with Crippen LogP contribution in [0.3, 0.4) is 0 Å². The molecule has 0 aliphatic carbocycles. The number of hydrogen-bond acceptors (Lipinski definition) is 6. The summed E-state index contributed by atoms with van der Waals surface area (Å²) in [6, 6.07) is 6.92. The van der Waals surface area contributed by atoms with Crippen LogP contribution in [-0.4, -0.2) is 15.1 Å². The molecule has 0 bridgehead atoms. The molecule has 96 valence electrons. The normalized spacial score (nSPS) is 10.6. The predicted molar refractivity (Wildman–Crippen MR) is 65.6 cm³/mol. The lowest BCUT2D eigenvalue weighted by molar-refractivity contribution is 0.242. The molecule has 3 rings (SSSR count). The number of pyridine rings is 1. The molecule has 0 aliphatic rings. The molecule has 7 heteroatoms. The monoisotopic (exact) mass is 277 g/mol. The Labute approximate surface area is 113 Å². The molecule has 3 aromatic rings. The van der Waals surface area contributed by atoms with Crippen LogP contribution in [0.15, 0.2) is 45.7 Å². The second kappa shape index (κ2) is 5.11. The van der Waals surface area contributed by atoms with Crippen molar-refractivity contribution in [2.24, 2.45) is 0 Å². The van der Waals surface area contributed by atoms with Crippen molar-refractivity contribution in [3.05, 3.63) is 47.8 Å². The van der Waals surface area contributed by atoms with Gasteiger partial charge in [0, 0.05) is 6.20 Å². The van der Waals surface area contributed by atoms with Gasteiger partial charge in [0.25, 0.3) is 5.89 Å². The highest BCUT2D eigenvalue weighted by Crippen LogP contribution is 2.22. The zero-order valence-corrected chi connectivity index (χ0v) is 10.4. The third kappa shape index (κ3) is 2.58. The van der Waals surface area contributed by atoms with Crippen molar-refractivity contribution in [1.29, 1.82) is 0 Å². The van der Waals surface area contributed by atoms with Crippen molar-refractivity contribution in [3.8, 4) is 17.3 Å². The van der Waals surface area contributed by atoms with Gasteiger partial charge in [-0.05, 0) is 24.3 Å². The highest BCUT2D eigenvalue weighted by atomic mass is 35.5. The molecule has 0 fully saturated rings. The Kier molecular flexibility index (Phi) is 3.16. The molecule has 0 saturated heterocycles. The number of nitrogens with zero attached hydrogens (tertiary/aromatic N) is 3. The average molecular weight is 278 g/mol. The fraction of sp³-hybridized carbons (Fsp3) is 0.0833. The largest absolute Gasteiger partial charge is 0.481 e. The van der Waals surface area contributed by atoms with Gasteiger partial charge >= 0.3 is 0 Å². The number of furan rings is 1. The Bertz CT molecular complexity index is 666. The first kappa shape index (κ1) is 11.7. The third-order valence-electron chi connectivity index (χ3n) is 2.29. The van der Waals surface area contributed by atoms with Gasteiger partial charge in [-0.25, -0.2) is 4.98 Å². The van der Waals surface area contributed by atoms with Crippen LogP contribution in [0.4, 0.5) is 0 Å². The van der Waals surface area contributed by atoms with Crippen molar-refractivity contribution >= 4 is 11.6 Å². The van der Waals surface area contributed by atoms with Crippen LogP contribution in [0.2, 0.25) is 5.15 Å². The second-order valence-electron chi connectivity index (χ2n) is 3.57. The molecule has 19 heavy (non-hydrogen) atoms. The number of hydrogen-bond donors (Lipinski definition) is 0. The lowest BCUT2D eigenvalue weighted by Crippen LogP contribution is -1.96. The molecule has 0 aromatic carbocycles. The van der Waals surface area contributed by atoms with E-state index in [1.807, 2.05) is 0 Å². The van der Waals surface area contributed by atoms with Gasteiger partial charge in [-0.3, -0.25) is 0 Å². The summed E-state index contributed by atoms with van der Waals surface area (Å²) < 4.78 is 15.6. The maximum atomic E-state index is 5.86. The van der Waals surface area contributed by atoms with E-state index in [0.717, 1.165) is 0 Å². The summed E-state index contributed by atoms with van der Waals surface area (Å²) in [4.78, 5) is 8.03. The SMILES string of the molecule is Clc1ncccc1OCc1nc(-c2ccco2)no1. The Morgan fingerprint density at radius 1 is 1.26 bits per heavy atom. The van der Waals surface area contributed by atoms with E-state index in [1.54, 1.807) is 30.5 Å². The molecule has 0 N–H and O–H groups in total. The van der Waals surface area contributed by atoms with Crippen molar-refractivity contribution in [1.82, 2.24) is 15.1 Å². The smallest absolute Gasteiger partial charge is 0.264 e. The molecule has 0 atom stereocenters. The number of aromatic nitrogens is 3. The minimum absolute atomic E-state index is 0.110. The maximum absolute atomic E-state index is 5.86. The van der Waals surface area contributed by atoms with Crippen molar-refractivity contribution in [3.63, 3.8) is 0 Å². The standard InChI is InChI=1S/C12H8ClN3O3/c13-11-8(3-1-5-14-11)18-7-10-15-12(16-19-10)9-4-2-6-17-9/h1-6H,7H2. The Morgan fingerprint density at radius 2 is 2.21 bits per heavy atom. The summed E-state index contributed by atoms with van der Waals surface area (Å²) in [6.45, 7) is 0.110. The highest BCUT2D eigenvalue weighted by Gasteiger charge is 2.11. The Morgan fingerprint density at radius 3 is 3.00 bits per heavy atom. The molecule has 0 unspecified atom stereocenters. The summed E-state index contributed by atoms with van der Waals surface area (Å²) in [6.07, 6.45) is 3.12. The second-order valence-corrected chi connectivity index (χ2v) is 3.93. The van der Waals surface area contributed by atoms with E-state index in [9.17, 15) is 0 Å². The minimum Gasteiger partial charge on any atom is -0.481 e. The van der Waals surface area contributed by atoms with Gasteiger partial charge in [0.1, 0.15) is 0 Å². The first-order valence-corrected chi connectivity index (χ1v) is 5.80. The van der Waals surface area contributed by atoms with Gasteiger partial charge in [-0.2, -0.15) is 4.98 Å². The average Bonchev–Trinajstić information content (AvgIpc) is 3.09. The molecule has 0 aliphatic heterocycles. The van der Waals surface area contributed by atoms with E-state index in [2.05, 4.69) is 15.1 Å². The Hall–Kier alpha value is -2.34. The van der Waals surface area contributed by atoms with E-state index < -0.39 is 0 Å². The summed E-state index contributed by atoms with van der Waals surface area (Å²) in [7, 11) is 0. The van der Waals surface area contributed by atoms with Gasteiger partial charge in [-0.1, -0.05) is 16.8 Å². The van der Waals surface area contributed by atoms with Gasteiger partial charge in [0.2, 0.25) is 5.82 Å². The minimum atomic E-state index is 0.110. The van der Waals surface area contributed by atoms with Crippen LogP contribution in [0, 0.1) is 0 Å². The molecular formula is C12H8ClN3O3. The molecule has 0 radical (unpaired) electrons. The molecule has 0 spiro atoms. The van der Waals surface area contributed by atoms with Crippen LogP contribution >= 0.6 is 11.6 Å². The fourth-order valence-corrected chi connectivity index (χ4v) is 1.61. The number of rotatable bonds is 4. The zero-order chi connectivity index (χ0) is 13.1. The first-order chi connectivity index (χ1) is 9.33. The summed E-state index contributed by atoms with van der Waals surface area (Å²) in [5.41, 5.74) is 0. The van der Waals surface area contributed by atoms with Gasteiger partial charge in [0.15, 0.2) is 23.3 Å². The quantitative estimate of drug-likeness (QED) is 0.683. The molecule has 0 saturated carbocycles. The summed E-state index contributed by atoms with van der Waals surface area (Å²) >= 11 is 5.86. The van der Waals surface area contributed by atoms with Gasteiger partial charge in [-0.15, -0.1) is 0 Å². The van der Waals surface area contributed by atoms with E-state index >= 15 is 0 Å². The van der Waals surface area contributed by atoms with Gasteiger partial charge in [0.05, 0.1) is 6.26 Å². The van der Waals surface area contributed by atoms with Crippen molar-refractivity contribution in [2.45, 2.75) is 6.61 Å². The molecule has 0 amide bonds. The third-order valence-corrected chi connectivity index (χ3v) is 2.57. The molecule has 3 heterocycles. The molecule has 3 aromatic heterocycles. The van der Waals surface area contributed by atoms with E-state index in [1.165, 1.54) is 6.26 Å². The highest BCUT2D eigenvalue weighted by molar-refractivity contribution is 6.30. The molecular weight excluding hydrogens is 270 g/mol. The number of ether oxygens (including phenoxy) is 1. The van der Waals surface area contributed by atoms with Gasteiger partial charge < -0.3 is 13.7 Å². The lowest BCUT2D eigenvalue weighted by atomic mass is 10.4. The van der Waals surface area contributed by atoms with Crippen LogP contribution < -0.4 is 4.74 Å². The number of halogens is 1. The van der Waals surface area contributed by atoms with E-state index in [4.69, 9.17) is 25.3 Å². The molecule has 6 nitrogen and oxygen atoms in total. The predicted octanol–water partition coefficient (Wildman–Crippen LogP) is 2.96. The maximum Gasteiger partial charge on any atom is 0.264 e. The van der Waals surface area contributed by atoms with E-state index in [0.29, 0.717) is 23.2 Å². The van der Waals surface area contributed by atoms with Crippen LogP contribution in [-0.2, 0) is 6.61 Å². The lowest BCUT2D eigenvalue weighted by Gasteiger charge is -2.03. The van der Waals surface area contributed by atoms with Crippen LogP contribution in [0.25, 0.3) is 11.6 Å². The zero-order valence-electron chi connectivity index (χ0n) is 9.62. The fourth-order valence-electron chi connectivity index (χ4n) is 1.44. The topological polar surface area (TPSA) is 74.2 Å². The van der Waals surface area contributed by atoms with Crippen molar-refractivity contribution < 1.29 is 13.7 Å².